The lowest BCUT2D eigenvalue weighted by Crippen LogP contribution is -2.52. The van der Waals surface area contributed by atoms with Gasteiger partial charge in [0.15, 0.2) is 5.96 Å². The molecule has 2 aromatic rings. The highest BCUT2D eigenvalue weighted by Crippen LogP contribution is 2.20. The smallest absolute Gasteiger partial charge is 0.193 e. The zero-order valence-electron chi connectivity index (χ0n) is 16.0. The minimum atomic E-state index is 0. The lowest BCUT2D eigenvalue weighted by atomic mass is 10.2. The molecular formula is C20H28IN5O. The quantitative estimate of drug-likeness (QED) is 0.405. The largest absolute Gasteiger partial charge is 0.497 e. The van der Waals surface area contributed by atoms with Gasteiger partial charge < -0.3 is 19.9 Å². The molecule has 1 saturated heterocycles. The van der Waals surface area contributed by atoms with Gasteiger partial charge >= 0.3 is 0 Å². The molecule has 146 valence electrons. The van der Waals surface area contributed by atoms with Crippen molar-refractivity contribution in [2.45, 2.75) is 6.42 Å². The average molecular weight is 481 g/mol. The maximum Gasteiger partial charge on any atom is 0.193 e. The van der Waals surface area contributed by atoms with Crippen LogP contribution in [0.2, 0.25) is 0 Å². The van der Waals surface area contributed by atoms with Crippen molar-refractivity contribution in [3.8, 4) is 5.75 Å². The van der Waals surface area contributed by atoms with Crippen molar-refractivity contribution in [1.29, 1.82) is 0 Å². The second kappa shape index (κ2) is 11.0. The van der Waals surface area contributed by atoms with Crippen LogP contribution >= 0.6 is 24.0 Å². The van der Waals surface area contributed by atoms with Gasteiger partial charge in [-0.15, -0.1) is 24.0 Å². The maximum atomic E-state index is 5.23. The van der Waals surface area contributed by atoms with Gasteiger partial charge in [0, 0.05) is 57.9 Å². The standard InChI is InChI=1S/C20H27N5O.HI/c1-21-20(23-11-9-17-4-3-10-22-16-17)25-14-12-24(13-15-25)18-5-7-19(26-2)8-6-18;/h3-8,10,16H,9,11-15H2,1-2H3,(H,21,23);1H. The fourth-order valence-electron chi connectivity index (χ4n) is 3.17. The lowest BCUT2D eigenvalue weighted by molar-refractivity contribution is 0.373. The molecule has 0 amide bonds. The summed E-state index contributed by atoms with van der Waals surface area (Å²) in [7, 11) is 3.54. The number of hydrogen-bond donors (Lipinski definition) is 1. The molecule has 6 nitrogen and oxygen atoms in total. The van der Waals surface area contributed by atoms with E-state index in [1.807, 2.05) is 31.4 Å². The van der Waals surface area contributed by atoms with E-state index in [0.29, 0.717) is 0 Å². The van der Waals surface area contributed by atoms with Gasteiger partial charge in [-0.3, -0.25) is 9.98 Å². The molecule has 3 rings (SSSR count). The third-order valence-electron chi connectivity index (χ3n) is 4.65. The Balaban J connectivity index is 0.00000261. The molecule has 0 spiro atoms. The number of aromatic nitrogens is 1. The summed E-state index contributed by atoms with van der Waals surface area (Å²) < 4.78 is 5.23. The van der Waals surface area contributed by atoms with Crippen LogP contribution in [0.25, 0.3) is 0 Å². The third-order valence-corrected chi connectivity index (χ3v) is 4.65. The summed E-state index contributed by atoms with van der Waals surface area (Å²) in [5, 5.41) is 3.47. The topological polar surface area (TPSA) is 53.0 Å². The molecule has 1 aromatic carbocycles. The van der Waals surface area contributed by atoms with E-state index in [1.54, 1.807) is 13.3 Å². The number of pyridine rings is 1. The minimum Gasteiger partial charge on any atom is -0.497 e. The van der Waals surface area contributed by atoms with Crippen LogP contribution in [0.5, 0.6) is 5.75 Å². The number of methoxy groups -OCH3 is 1. The fourth-order valence-corrected chi connectivity index (χ4v) is 3.17. The highest BCUT2D eigenvalue weighted by molar-refractivity contribution is 14.0. The molecule has 0 radical (unpaired) electrons. The summed E-state index contributed by atoms with van der Waals surface area (Å²) in [6.45, 7) is 4.74. The van der Waals surface area contributed by atoms with Gasteiger partial charge in [-0.1, -0.05) is 6.07 Å². The lowest BCUT2D eigenvalue weighted by Gasteiger charge is -2.37. The maximum absolute atomic E-state index is 5.23. The van der Waals surface area contributed by atoms with Crippen molar-refractivity contribution >= 4 is 35.6 Å². The third kappa shape index (κ3) is 5.98. The number of ether oxygens (including phenoxy) is 1. The predicted molar refractivity (Wildman–Crippen MR) is 121 cm³/mol. The van der Waals surface area contributed by atoms with Crippen LogP contribution in [-0.4, -0.2) is 62.7 Å². The van der Waals surface area contributed by atoms with Crippen molar-refractivity contribution in [3.05, 3.63) is 54.4 Å². The van der Waals surface area contributed by atoms with Crippen LogP contribution in [0.3, 0.4) is 0 Å². The van der Waals surface area contributed by atoms with Crippen LogP contribution in [0, 0.1) is 0 Å². The molecule has 0 saturated carbocycles. The van der Waals surface area contributed by atoms with Gasteiger partial charge in [0.2, 0.25) is 0 Å². The molecule has 0 bridgehead atoms. The number of piperazine rings is 1. The van der Waals surface area contributed by atoms with Gasteiger partial charge in [-0.25, -0.2) is 0 Å². The molecule has 1 aromatic heterocycles. The number of halogens is 1. The molecule has 1 aliphatic heterocycles. The fraction of sp³-hybridized carbons (Fsp3) is 0.400. The molecule has 1 aliphatic rings. The van der Waals surface area contributed by atoms with Crippen LogP contribution in [0.4, 0.5) is 5.69 Å². The number of hydrogen-bond acceptors (Lipinski definition) is 4. The molecule has 1 N–H and O–H groups in total. The first-order chi connectivity index (χ1) is 12.8. The molecule has 0 unspecified atom stereocenters. The molecule has 7 heteroatoms. The second-order valence-corrected chi connectivity index (χ2v) is 6.26. The van der Waals surface area contributed by atoms with E-state index in [1.165, 1.54) is 11.3 Å². The first-order valence-electron chi connectivity index (χ1n) is 9.03. The van der Waals surface area contributed by atoms with Gasteiger partial charge in [-0.2, -0.15) is 0 Å². The summed E-state index contributed by atoms with van der Waals surface area (Å²) in [4.78, 5) is 13.3. The minimum absolute atomic E-state index is 0. The predicted octanol–water partition coefficient (Wildman–Crippen LogP) is 2.65. The van der Waals surface area contributed by atoms with Crippen LogP contribution in [0.1, 0.15) is 5.56 Å². The summed E-state index contributed by atoms with van der Waals surface area (Å²) in [5.74, 6) is 1.87. The van der Waals surface area contributed by atoms with E-state index in [-0.39, 0.29) is 24.0 Å². The molecular weight excluding hydrogens is 453 g/mol. The zero-order valence-corrected chi connectivity index (χ0v) is 18.3. The van der Waals surface area contributed by atoms with Crippen molar-refractivity contribution in [2.75, 3.05) is 51.8 Å². The normalized spacial score (nSPS) is 14.5. The summed E-state index contributed by atoms with van der Waals surface area (Å²) in [5.41, 5.74) is 2.48. The van der Waals surface area contributed by atoms with Crippen molar-refractivity contribution in [3.63, 3.8) is 0 Å². The van der Waals surface area contributed by atoms with Crippen LogP contribution in [0.15, 0.2) is 53.8 Å². The molecule has 0 atom stereocenters. The highest BCUT2D eigenvalue weighted by Gasteiger charge is 2.19. The summed E-state index contributed by atoms with van der Waals surface area (Å²) in [6, 6.07) is 12.3. The van der Waals surface area contributed by atoms with Crippen molar-refractivity contribution in [1.82, 2.24) is 15.2 Å². The number of nitrogens with zero attached hydrogens (tertiary/aromatic N) is 4. The first kappa shape index (κ1) is 21.3. The highest BCUT2D eigenvalue weighted by atomic mass is 127. The van der Waals surface area contributed by atoms with Gasteiger partial charge in [0.1, 0.15) is 5.75 Å². The number of rotatable bonds is 5. The van der Waals surface area contributed by atoms with Crippen molar-refractivity contribution in [2.24, 2.45) is 4.99 Å². The Bertz CT molecular complexity index is 700. The average Bonchev–Trinajstić information content (AvgIpc) is 2.72. The van der Waals surface area contributed by atoms with E-state index in [0.717, 1.165) is 50.9 Å². The molecule has 2 heterocycles. The van der Waals surface area contributed by atoms with E-state index in [2.05, 4.69) is 43.3 Å². The van der Waals surface area contributed by atoms with E-state index >= 15 is 0 Å². The second-order valence-electron chi connectivity index (χ2n) is 6.26. The Hall–Kier alpha value is -2.03. The van der Waals surface area contributed by atoms with Crippen molar-refractivity contribution < 1.29 is 4.74 Å². The molecule has 0 aliphatic carbocycles. The van der Waals surface area contributed by atoms with Crippen LogP contribution in [-0.2, 0) is 6.42 Å². The zero-order chi connectivity index (χ0) is 18.2. The molecule has 27 heavy (non-hydrogen) atoms. The first-order valence-corrected chi connectivity index (χ1v) is 9.03. The Morgan fingerprint density at radius 3 is 2.48 bits per heavy atom. The van der Waals surface area contributed by atoms with Gasteiger partial charge in [-0.05, 0) is 42.3 Å². The Morgan fingerprint density at radius 1 is 1.15 bits per heavy atom. The number of aliphatic imine (C=N–C) groups is 1. The monoisotopic (exact) mass is 481 g/mol. The van der Waals surface area contributed by atoms with Gasteiger partial charge in [0.25, 0.3) is 0 Å². The summed E-state index contributed by atoms with van der Waals surface area (Å²) >= 11 is 0. The SMILES string of the molecule is CN=C(NCCc1cccnc1)N1CCN(c2ccc(OC)cc2)CC1.I. The van der Waals surface area contributed by atoms with Gasteiger partial charge in [0.05, 0.1) is 7.11 Å². The Labute approximate surface area is 178 Å². The number of benzene rings is 1. The number of guanidine groups is 1. The summed E-state index contributed by atoms with van der Waals surface area (Å²) in [6.07, 6.45) is 4.66. The Kier molecular flexibility index (Phi) is 8.63. The van der Waals surface area contributed by atoms with E-state index in [4.69, 9.17) is 4.74 Å². The molecule has 1 fully saturated rings. The Morgan fingerprint density at radius 2 is 1.89 bits per heavy atom. The van der Waals surface area contributed by atoms with Crippen LogP contribution < -0.4 is 15.0 Å². The van der Waals surface area contributed by atoms with E-state index in [9.17, 15) is 0 Å². The number of nitrogens with one attached hydrogen (secondary N) is 1. The number of anilines is 1. The van der Waals surface area contributed by atoms with E-state index < -0.39 is 0 Å².